The average molecular weight is 1400 g/mol. The maximum atomic E-state index is 14.8. The Morgan fingerprint density at radius 3 is 1.63 bits per heavy atom. The van der Waals surface area contributed by atoms with Gasteiger partial charge < -0.3 is 52.3 Å². The van der Waals surface area contributed by atoms with Crippen molar-refractivity contribution in [2.24, 2.45) is 0 Å². The summed E-state index contributed by atoms with van der Waals surface area (Å²) in [5, 5.41) is 31.7. The molecule has 1 amide bonds. The Morgan fingerprint density at radius 1 is 0.600 bits per heavy atom. The van der Waals surface area contributed by atoms with Gasteiger partial charge in [-0.1, -0.05) is 109 Å². The van der Waals surface area contributed by atoms with E-state index in [0.717, 1.165) is 0 Å². The van der Waals surface area contributed by atoms with Crippen LogP contribution in [0, 0.1) is 34.0 Å². The molecule has 100 heavy (non-hydrogen) atoms. The molecule has 2 saturated heterocycles. The Hall–Kier alpha value is -9.39. The van der Waals surface area contributed by atoms with Crippen molar-refractivity contribution in [1.82, 2.24) is 24.2 Å². The zero-order chi connectivity index (χ0) is 70.6. The number of nitrogens with one attached hydrogen (secondary N) is 1. The summed E-state index contributed by atoms with van der Waals surface area (Å²) in [5.41, 5.74) is 1.30. The summed E-state index contributed by atoms with van der Waals surface area (Å²) in [7, 11) is -3.78. The summed E-state index contributed by atoms with van der Waals surface area (Å²) in [6, 6.07) is 54.4. The lowest BCUT2D eigenvalue weighted by molar-refractivity contribution is -0.218. The molecule has 2 fully saturated rings. The van der Waals surface area contributed by atoms with Gasteiger partial charge in [0.2, 0.25) is 0 Å². The largest absolute Gasteiger partial charge is 0.497 e. The first-order valence-electron chi connectivity index (χ1n) is 32.2. The lowest BCUT2D eigenvalue weighted by Gasteiger charge is -2.39. The Bertz CT molecular complexity index is 4090. The molecule has 520 valence electrons. The van der Waals surface area contributed by atoms with Crippen LogP contribution in [-0.2, 0) is 61.2 Å². The Morgan fingerprint density at radius 2 is 1.10 bits per heavy atom. The first kappa shape index (κ1) is 73.3. The Balaban J connectivity index is 1.17. The number of esters is 2. The quantitative estimate of drug-likeness (QED) is 0.0169. The van der Waals surface area contributed by atoms with Crippen LogP contribution in [0.4, 0.5) is 5.82 Å². The fraction of sp³-hybridized carbons (Fsp3) is 0.347. The maximum absolute atomic E-state index is 14.8. The van der Waals surface area contributed by atoms with Crippen LogP contribution < -0.4 is 14.8 Å². The Kier molecular flexibility index (Phi) is 25.7. The molecule has 0 aliphatic carbocycles. The van der Waals surface area contributed by atoms with Crippen molar-refractivity contribution in [2.75, 3.05) is 52.6 Å². The molecule has 1 unspecified atom stereocenters. The number of phosphoric acid groups is 1. The second-order valence-electron chi connectivity index (χ2n) is 23.2. The highest BCUT2D eigenvalue weighted by Crippen LogP contribution is 2.54. The van der Waals surface area contributed by atoms with Gasteiger partial charge in [0, 0.05) is 17.6 Å². The van der Waals surface area contributed by atoms with E-state index in [0.29, 0.717) is 33.8 Å². The third-order valence-corrected chi connectivity index (χ3v) is 19.7. The van der Waals surface area contributed by atoms with Crippen molar-refractivity contribution in [3.05, 3.63) is 216 Å². The normalized spacial score (nSPS) is 19.4. The zero-order valence-electron chi connectivity index (χ0n) is 55.7. The highest BCUT2D eigenvalue weighted by Gasteiger charge is 2.58. The number of ether oxygens (including phenoxy) is 8. The third-order valence-electron chi connectivity index (χ3n) is 16.1. The van der Waals surface area contributed by atoms with Gasteiger partial charge in [-0.2, -0.15) is 15.8 Å². The molecule has 6 aromatic carbocycles. The van der Waals surface area contributed by atoms with Crippen molar-refractivity contribution < 1.29 is 79.5 Å². The molecule has 0 bridgehead atoms. The number of carbonyl (C=O) groups is 3. The van der Waals surface area contributed by atoms with Gasteiger partial charge in [0.25, 0.3) is 14.4 Å². The molecule has 26 nitrogen and oxygen atoms in total. The smallest absolute Gasteiger partial charge is 0.474 e. The summed E-state index contributed by atoms with van der Waals surface area (Å²) >= 11 is 0. The molecular formula is C72H75N9O17P2. The minimum Gasteiger partial charge on any atom is -0.497 e. The van der Waals surface area contributed by atoms with Gasteiger partial charge in [0.05, 0.1) is 102 Å². The fourth-order valence-electron chi connectivity index (χ4n) is 11.5. The predicted molar refractivity (Wildman–Crippen MR) is 363 cm³/mol. The van der Waals surface area contributed by atoms with Crippen molar-refractivity contribution >= 4 is 51.2 Å². The van der Waals surface area contributed by atoms with E-state index in [2.05, 4.69) is 16.4 Å². The number of methoxy groups -OCH3 is 2. The number of phosphoric ester groups is 1. The van der Waals surface area contributed by atoms with E-state index in [1.165, 1.54) is 36.9 Å². The lowest BCUT2D eigenvalue weighted by Crippen LogP contribution is -2.46. The number of fused-ring (bicyclic) bond motifs is 1. The van der Waals surface area contributed by atoms with Gasteiger partial charge in [-0.15, -0.1) is 0 Å². The molecule has 9 atom stereocenters. The van der Waals surface area contributed by atoms with Crippen LogP contribution in [0.1, 0.15) is 101 Å². The molecular weight excluding hydrogens is 1320 g/mol. The number of nitriles is 3. The summed E-state index contributed by atoms with van der Waals surface area (Å²) in [6.45, 7) is 5.87. The van der Waals surface area contributed by atoms with E-state index in [-0.39, 0.29) is 72.7 Å². The summed E-state index contributed by atoms with van der Waals surface area (Å²) < 4.78 is 103. The number of rotatable bonds is 34. The van der Waals surface area contributed by atoms with Crippen LogP contribution in [0.2, 0.25) is 0 Å². The van der Waals surface area contributed by atoms with E-state index in [9.17, 15) is 34.7 Å². The number of amides is 1. The minimum absolute atomic E-state index is 0.0216. The monoisotopic (exact) mass is 1400 g/mol. The standard InChI is InChI=1S/C72H75N9O17P2/c1-48(2)81(49(3)4)99(89-41-19-38-73)98-62-58(44-88-72(53-28-17-10-18-29-53,54-30-34-56(86-5)35-31-54)55-32-36-57(87-6)37-33-55)93-68(80-47-78-60-65(76-46-77-66(60)80)79-67(82)50-22-11-7-12-23-50)63(62)97-71-64(96-70(84)52-26-15-9-16-27-52)61(95-69(83)51-24-13-8-14-25-51)59(94-71)45-92-100(85,90-42-20-39-74)91-43-21-40-75/h7-18,22-37,46-49,58-59,61-64,68,71H,19-21,41-45H2,1-6H3,(H,76,77,79,82)/t58-,59-,61-,62-,63-,64-,68-,71+,99?/m1/s1. The Labute approximate surface area is 580 Å². The predicted octanol–water partition coefficient (Wildman–Crippen LogP) is 12.2. The van der Waals surface area contributed by atoms with Crippen LogP contribution in [0.5, 0.6) is 11.5 Å². The van der Waals surface area contributed by atoms with Crippen molar-refractivity contribution in [2.45, 2.75) is 114 Å². The summed E-state index contributed by atoms with van der Waals surface area (Å²) in [6.07, 6.45) is -10.3. The van der Waals surface area contributed by atoms with Gasteiger partial charge in [-0.3, -0.25) is 22.9 Å². The van der Waals surface area contributed by atoms with Gasteiger partial charge in [-0.25, -0.2) is 33.8 Å². The highest BCUT2D eigenvalue weighted by atomic mass is 31.2. The first-order valence-corrected chi connectivity index (χ1v) is 34.7. The van der Waals surface area contributed by atoms with Crippen molar-refractivity contribution in [3.63, 3.8) is 0 Å². The van der Waals surface area contributed by atoms with Gasteiger partial charge in [0.15, 0.2) is 41.7 Å². The topological polar surface area (TPSA) is 319 Å². The van der Waals surface area contributed by atoms with Gasteiger partial charge >= 0.3 is 19.8 Å². The molecule has 4 heterocycles. The molecule has 2 aliphatic heterocycles. The molecule has 1 N–H and O–H groups in total. The van der Waals surface area contributed by atoms with Crippen molar-refractivity contribution in [3.8, 4) is 29.7 Å². The molecule has 8 aromatic rings. The fourth-order valence-corrected chi connectivity index (χ4v) is 14.4. The number of nitrogens with zero attached hydrogens (tertiary/aromatic N) is 8. The number of hydrogen-bond donors (Lipinski definition) is 1. The first-order chi connectivity index (χ1) is 48.6. The number of aromatic nitrogens is 4. The second-order valence-corrected chi connectivity index (χ2v) is 26.3. The zero-order valence-corrected chi connectivity index (χ0v) is 57.5. The number of anilines is 1. The van der Waals surface area contributed by atoms with E-state index in [4.69, 9.17) is 70.5 Å². The highest BCUT2D eigenvalue weighted by molar-refractivity contribution is 7.48. The minimum atomic E-state index is -4.68. The summed E-state index contributed by atoms with van der Waals surface area (Å²) in [5.74, 6) is -1.12. The number of hydrogen-bond acceptors (Lipinski definition) is 24. The number of carbonyl (C=O) groups excluding carboxylic acids is 3. The number of imidazole rings is 1. The van der Waals surface area contributed by atoms with E-state index < -0.39 is 109 Å². The molecule has 2 aromatic heterocycles. The molecule has 28 heteroatoms. The summed E-state index contributed by atoms with van der Waals surface area (Å²) in [4.78, 5) is 57.2. The second kappa shape index (κ2) is 35.1. The van der Waals surface area contributed by atoms with Gasteiger partial charge in [0.1, 0.15) is 47.8 Å². The van der Waals surface area contributed by atoms with E-state index in [1.54, 1.807) is 85.5 Å². The molecule has 2 aliphatic rings. The van der Waals surface area contributed by atoms with E-state index >= 15 is 0 Å². The molecule has 0 spiro atoms. The average Bonchev–Trinajstić information content (AvgIpc) is 1.32. The van der Waals surface area contributed by atoms with Crippen LogP contribution in [0.15, 0.2) is 183 Å². The van der Waals surface area contributed by atoms with Crippen LogP contribution >= 0.6 is 16.3 Å². The van der Waals surface area contributed by atoms with E-state index in [1.807, 2.05) is 123 Å². The lowest BCUT2D eigenvalue weighted by atomic mass is 9.80. The molecule has 0 radical (unpaired) electrons. The van der Waals surface area contributed by atoms with Gasteiger partial charge in [-0.05, 0) is 105 Å². The SMILES string of the molecule is COc1ccc(C(OC[C@H]2O[C@@H](n3cnc4c(NC(=O)c5ccccc5)ncnc43)[C@H](O[C@@H]3O[C@H](COP(=O)(OCCC#N)OCCC#N)[C@@H](OC(=O)c4ccccc4)[C@H]3OC(=O)c3ccccc3)[C@@H]2OP(OCCC#N)N(C(C)C)C(C)C)(c2ccccc2)c2ccc(OC)cc2)cc1. The molecule has 0 saturated carbocycles. The van der Waals surface area contributed by atoms with Crippen molar-refractivity contribution in [1.29, 1.82) is 15.8 Å². The molecule has 10 rings (SSSR count). The van der Waals surface area contributed by atoms with Crippen LogP contribution in [-0.4, -0.2) is 144 Å². The number of benzene rings is 6. The van der Waals surface area contributed by atoms with Crippen LogP contribution in [0.3, 0.4) is 0 Å². The van der Waals surface area contributed by atoms with Crippen LogP contribution in [0.25, 0.3) is 11.2 Å². The maximum Gasteiger partial charge on any atom is 0.474 e. The third kappa shape index (κ3) is 17.6.